The van der Waals surface area contributed by atoms with Gasteiger partial charge in [-0.2, -0.15) is 5.10 Å². The summed E-state index contributed by atoms with van der Waals surface area (Å²) >= 11 is 0. The van der Waals surface area contributed by atoms with Gasteiger partial charge >= 0.3 is 0 Å². The fourth-order valence-corrected chi connectivity index (χ4v) is 4.53. The molecule has 5 nitrogen and oxygen atoms in total. The van der Waals surface area contributed by atoms with Crippen LogP contribution in [0.1, 0.15) is 49.6 Å². The minimum Gasteiger partial charge on any atom is -0.353 e. The smallest absolute Gasteiger partial charge is 0.228 e. The van der Waals surface area contributed by atoms with Crippen LogP contribution in [0.4, 0.5) is 0 Å². The molecule has 136 valence electrons. The number of hydrogen-bond donors (Lipinski definition) is 2. The maximum atomic E-state index is 13.0. The number of nitrogens with one attached hydrogen (secondary N) is 2. The fraction of sp³-hybridized carbons (Fsp3) is 0.778. The molecule has 1 amide bonds. The van der Waals surface area contributed by atoms with Crippen LogP contribution in [0.15, 0.2) is 0 Å². The van der Waals surface area contributed by atoms with E-state index in [4.69, 9.17) is 0 Å². The largest absolute Gasteiger partial charge is 0.353 e. The Hall–Kier alpha value is -1.07. The third-order valence-corrected chi connectivity index (χ3v) is 6.04. The molecule has 1 aliphatic heterocycles. The molecule has 1 aliphatic carbocycles. The number of halogens is 1. The number of hydrogen-bond acceptors (Lipinski definition) is 3. The predicted molar refractivity (Wildman–Crippen MR) is 98.5 cm³/mol. The number of amides is 1. The second kappa shape index (κ2) is 7.44. The summed E-state index contributed by atoms with van der Waals surface area (Å²) < 4.78 is 1.93. The van der Waals surface area contributed by atoms with Crippen molar-refractivity contribution in [2.24, 2.45) is 18.4 Å². The Bertz CT molecular complexity index is 600. The van der Waals surface area contributed by atoms with Gasteiger partial charge in [0, 0.05) is 25.3 Å². The van der Waals surface area contributed by atoms with E-state index in [0.29, 0.717) is 5.92 Å². The minimum atomic E-state index is -0.161. The Morgan fingerprint density at radius 1 is 1.46 bits per heavy atom. The highest BCUT2D eigenvalue weighted by Crippen LogP contribution is 2.44. The first-order chi connectivity index (χ1) is 10.9. The van der Waals surface area contributed by atoms with Crippen LogP contribution in [0.2, 0.25) is 0 Å². The molecule has 1 aromatic heterocycles. The Balaban J connectivity index is 0.00000208. The van der Waals surface area contributed by atoms with Gasteiger partial charge in [0.15, 0.2) is 0 Å². The topological polar surface area (TPSA) is 59.0 Å². The maximum Gasteiger partial charge on any atom is 0.228 e. The van der Waals surface area contributed by atoms with Crippen molar-refractivity contribution in [2.75, 3.05) is 13.1 Å². The van der Waals surface area contributed by atoms with Gasteiger partial charge in [-0.05, 0) is 58.1 Å². The molecule has 1 saturated heterocycles. The van der Waals surface area contributed by atoms with Crippen molar-refractivity contribution in [1.82, 2.24) is 20.4 Å². The predicted octanol–water partition coefficient (Wildman–Crippen LogP) is 2.29. The molecule has 2 fully saturated rings. The van der Waals surface area contributed by atoms with Crippen molar-refractivity contribution in [1.29, 1.82) is 0 Å². The minimum absolute atomic E-state index is 0. The fourth-order valence-electron chi connectivity index (χ4n) is 4.53. The monoisotopic (exact) mass is 354 g/mol. The molecule has 0 spiro atoms. The molecule has 1 aromatic rings. The van der Waals surface area contributed by atoms with Crippen molar-refractivity contribution in [3.63, 3.8) is 0 Å². The first-order valence-electron chi connectivity index (χ1n) is 8.95. The van der Waals surface area contributed by atoms with E-state index < -0.39 is 0 Å². The Morgan fingerprint density at radius 3 is 2.88 bits per heavy atom. The van der Waals surface area contributed by atoms with Crippen LogP contribution in [-0.2, 0) is 18.3 Å². The quantitative estimate of drug-likeness (QED) is 0.872. The van der Waals surface area contributed by atoms with Crippen molar-refractivity contribution in [2.45, 2.75) is 58.9 Å². The van der Waals surface area contributed by atoms with Gasteiger partial charge in [-0.1, -0.05) is 12.8 Å². The maximum absolute atomic E-state index is 13.0. The van der Waals surface area contributed by atoms with E-state index in [0.717, 1.165) is 31.6 Å². The number of rotatable bonds is 4. The number of fused-ring (bicyclic) bond motifs is 1. The molecule has 0 bridgehead atoms. The SMILES string of the molecule is Cc1nn(C)c(C)c1CC(C)NC(=O)[C@@]12CCCC[C@H]1CNC2.Cl. The molecule has 1 saturated carbocycles. The first kappa shape index (κ1) is 19.3. The second-order valence-electron chi connectivity index (χ2n) is 7.58. The summed E-state index contributed by atoms with van der Waals surface area (Å²) in [6.45, 7) is 8.11. The van der Waals surface area contributed by atoms with Crippen LogP contribution < -0.4 is 10.6 Å². The number of aromatic nitrogens is 2. The lowest BCUT2D eigenvalue weighted by Crippen LogP contribution is -2.50. The third-order valence-electron chi connectivity index (χ3n) is 6.04. The summed E-state index contributed by atoms with van der Waals surface area (Å²) in [7, 11) is 1.98. The standard InChI is InChI=1S/C18H30N4O.ClH/c1-12(9-16-13(2)21-22(4)14(16)3)20-17(23)18-8-6-5-7-15(18)10-19-11-18;/h12,15,19H,5-11H2,1-4H3,(H,20,23);1H/t12?,15-,18+;/m0./s1. The van der Waals surface area contributed by atoms with Gasteiger partial charge in [0.05, 0.1) is 11.1 Å². The van der Waals surface area contributed by atoms with Gasteiger partial charge in [-0.3, -0.25) is 9.48 Å². The molecular formula is C18H31ClN4O. The molecule has 0 aromatic carbocycles. The molecule has 3 rings (SSSR count). The zero-order chi connectivity index (χ0) is 16.6. The van der Waals surface area contributed by atoms with E-state index in [9.17, 15) is 4.79 Å². The van der Waals surface area contributed by atoms with E-state index in [1.54, 1.807) is 0 Å². The van der Waals surface area contributed by atoms with E-state index in [1.165, 1.54) is 30.5 Å². The van der Waals surface area contributed by atoms with Gasteiger partial charge < -0.3 is 10.6 Å². The third kappa shape index (κ3) is 3.33. The number of nitrogens with zero attached hydrogens (tertiary/aromatic N) is 2. The molecule has 2 N–H and O–H groups in total. The van der Waals surface area contributed by atoms with Crippen molar-refractivity contribution < 1.29 is 4.79 Å². The molecule has 0 radical (unpaired) electrons. The lowest BCUT2D eigenvalue weighted by Gasteiger charge is -2.38. The van der Waals surface area contributed by atoms with E-state index >= 15 is 0 Å². The summed E-state index contributed by atoms with van der Waals surface area (Å²) in [5.74, 6) is 0.782. The van der Waals surface area contributed by atoms with Gasteiger partial charge in [0.2, 0.25) is 5.91 Å². The molecule has 1 unspecified atom stereocenters. The lowest BCUT2D eigenvalue weighted by atomic mass is 9.67. The van der Waals surface area contributed by atoms with Gasteiger partial charge in [0.1, 0.15) is 0 Å². The first-order valence-corrected chi connectivity index (χ1v) is 8.95. The number of aryl methyl sites for hydroxylation is 2. The van der Waals surface area contributed by atoms with Crippen molar-refractivity contribution in [3.8, 4) is 0 Å². The van der Waals surface area contributed by atoms with Crippen LogP contribution in [0.3, 0.4) is 0 Å². The number of carbonyl (C=O) groups is 1. The normalized spacial score (nSPS) is 27.2. The number of carbonyl (C=O) groups excluding carboxylic acids is 1. The summed E-state index contributed by atoms with van der Waals surface area (Å²) in [4.78, 5) is 13.0. The van der Waals surface area contributed by atoms with Crippen LogP contribution in [0.5, 0.6) is 0 Å². The molecule has 6 heteroatoms. The van der Waals surface area contributed by atoms with Crippen LogP contribution in [-0.4, -0.2) is 34.8 Å². The highest BCUT2D eigenvalue weighted by molar-refractivity contribution is 5.85. The van der Waals surface area contributed by atoms with Crippen LogP contribution in [0, 0.1) is 25.2 Å². The van der Waals surface area contributed by atoms with E-state index in [1.807, 2.05) is 18.7 Å². The molecule has 2 heterocycles. The summed E-state index contributed by atoms with van der Waals surface area (Å²) in [6.07, 6.45) is 5.53. The highest BCUT2D eigenvalue weighted by atomic mass is 35.5. The average molecular weight is 355 g/mol. The molecule has 24 heavy (non-hydrogen) atoms. The molecular weight excluding hydrogens is 324 g/mol. The van der Waals surface area contributed by atoms with Gasteiger partial charge in [-0.15, -0.1) is 12.4 Å². The van der Waals surface area contributed by atoms with E-state index in [2.05, 4.69) is 29.6 Å². The van der Waals surface area contributed by atoms with Gasteiger partial charge in [0.25, 0.3) is 0 Å². The molecule has 2 aliphatic rings. The van der Waals surface area contributed by atoms with Crippen molar-refractivity contribution >= 4 is 18.3 Å². The van der Waals surface area contributed by atoms with Crippen molar-refractivity contribution in [3.05, 3.63) is 17.0 Å². The second-order valence-corrected chi connectivity index (χ2v) is 7.58. The Labute approximate surface area is 151 Å². The van der Waals surface area contributed by atoms with Crippen LogP contribution >= 0.6 is 12.4 Å². The zero-order valence-corrected chi connectivity index (χ0v) is 16.1. The average Bonchev–Trinajstić information content (AvgIpc) is 3.05. The summed E-state index contributed by atoms with van der Waals surface area (Å²) in [5.41, 5.74) is 3.37. The Morgan fingerprint density at radius 2 is 2.21 bits per heavy atom. The Kier molecular flexibility index (Phi) is 5.97. The molecule has 3 atom stereocenters. The van der Waals surface area contributed by atoms with E-state index in [-0.39, 0.29) is 29.8 Å². The lowest BCUT2D eigenvalue weighted by molar-refractivity contribution is -0.134. The summed E-state index contributed by atoms with van der Waals surface area (Å²) in [6, 6.07) is 0.140. The zero-order valence-electron chi connectivity index (χ0n) is 15.3. The summed E-state index contributed by atoms with van der Waals surface area (Å²) in [5, 5.41) is 11.2. The van der Waals surface area contributed by atoms with Crippen LogP contribution in [0.25, 0.3) is 0 Å². The van der Waals surface area contributed by atoms with Gasteiger partial charge in [-0.25, -0.2) is 0 Å². The highest BCUT2D eigenvalue weighted by Gasteiger charge is 2.49.